The van der Waals surface area contributed by atoms with Crippen LogP contribution in [0.25, 0.3) is 21.8 Å². The zero-order chi connectivity index (χ0) is 16.5. The van der Waals surface area contributed by atoms with Crippen LogP contribution in [0.15, 0.2) is 42.5 Å². The number of hydrogen-bond donors (Lipinski definition) is 3. The minimum absolute atomic E-state index is 0.0511. The van der Waals surface area contributed by atoms with Crippen LogP contribution in [0.2, 0.25) is 0 Å². The standard InChI is InChI=1S/C18H18N4O2/c19-13-3-1-11-5-12-2-4-14(7-17(12)22-16(11)6-13)20-9-18(23)21-8-15-10-24-15/h1-7,15,20H,8-10,19H2,(H,21,23). The highest BCUT2D eigenvalue weighted by molar-refractivity contribution is 5.95. The van der Waals surface area contributed by atoms with Crippen LogP contribution in [-0.4, -0.2) is 36.7 Å². The van der Waals surface area contributed by atoms with Crippen LogP contribution >= 0.6 is 0 Å². The highest BCUT2D eigenvalue weighted by Gasteiger charge is 2.22. The first-order chi connectivity index (χ1) is 11.7. The Morgan fingerprint density at radius 1 is 1.17 bits per heavy atom. The number of carbonyl (C=O) groups excluding carboxylic acids is 1. The Morgan fingerprint density at radius 2 is 1.92 bits per heavy atom. The number of hydrogen-bond acceptors (Lipinski definition) is 5. The molecule has 1 amide bonds. The lowest BCUT2D eigenvalue weighted by Crippen LogP contribution is -2.32. The van der Waals surface area contributed by atoms with Gasteiger partial charge in [0.15, 0.2) is 0 Å². The number of ether oxygens (including phenoxy) is 1. The normalized spacial score (nSPS) is 16.2. The monoisotopic (exact) mass is 322 g/mol. The first-order valence-corrected chi connectivity index (χ1v) is 7.89. The van der Waals surface area contributed by atoms with Crippen LogP contribution in [0.3, 0.4) is 0 Å². The molecule has 0 spiro atoms. The van der Waals surface area contributed by atoms with Crippen molar-refractivity contribution in [2.45, 2.75) is 6.10 Å². The summed E-state index contributed by atoms with van der Waals surface area (Å²) in [5.74, 6) is -0.0511. The van der Waals surface area contributed by atoms with Gasteiger partial charge in [-0.15, -0.1) is 0 Å². The van der Waals surface area contributed by atoms with Gasteiger partial charge in [-0.05, 0) is 30.3 Å². The summed E-state index contributed by atoms with van der Waals surface area (Å²) in [6.45, 7) is 1.54. The second kappa shape index (κ2) is 5.98. The summed E-state index contributed by atoms with van der Waals surface area (Å²) < 4.78 is 5.06. The zero-order valence-corrected chi connectivity index (χ0v) is 13.1. The van der Waals surface area contributed by atoms with E-state index in [1.807, 2.05) is 36.4 Å². The molecule has 1 unspecified atom stereocenters. The summed E-state index contributed by atoms with van der Waals surface area (Å²) in [5.41, 5.74) is 9.11. The van der Waals surface area contributed by atoms with Crippen molar-refractivity contribution in [3.63, 3.8) is 0 Å². The highest BCUT2D eigenvalue weighted by atomic mass is 16.6. The first kappa shape index (κ1) is 14.7. The van der Waals surface area contributed by atoms with Gasteiger partial charge in [-0.2, -0.15) is 0 Å². The number of nitrogens with two attached hydrogens (primary N) is 1. The van der Waals surface area contributed by atoms with Gasteiger partial charge in [0.25, 0.3) is 0 Å². The average Bonchev–Trinajstić information content (AvgIpc) is 3.40. The Labute approximate surface area is 139 Å². The molecule has 1 fully saturated rings. The van der Waals surface area contributed by atoms with Gasteiger partial charge in [-0.1, -0.05) is 12.1 Å². The number of benzene rings is 2. The Hall–Kier alpha value is -2.86. The predicted molar refractivity (Wildman–Crippen MR) is 94.9 cm³/mol. The van der Waals surface area contributed by atoms with Crippen LogP contribution in [-0.2, 0) is 9.53 Å². The number of nitrogens with zero attached hydrogens (tertiary/aromatic N) is 1. The molecule has 1 aliphatic heterocycles. The maximum atomic E-state index is 11.8. The van der Waals surface area contributed by atoms with Crippen molar-refractivity contribution in [3.05, 3.63) is 42.5 Å². The molecule has 4 rings (SSSR count). The zero-order valence-electron chi connectivity index (χ0n) is 13.1. The molecule has 4 N–H and O–H groups in total. The predicted octanol–water partition coefficient (Wildman–Crippen LogP) is 1.90. The number of amides is 1. The van der Waals surface area contributed by atoms with Gasteiger partial charge in [-0.25, -0.2) is 4.98 Å². The van der Waals surface area contributed by atoms with Gasteiger partial charge in [0.2, 0.25) is 5.91 Å². The van der Waals surface area contributed by atoms with E-state index >= 15 is 0 Å². The number of carbonyl (C=O) groups is 1. The molecule has 1 aromatic heterocycles. The molecule has 2 heterocycles. The summed E-state index contributed by atoms with van der Waals surface area (Å²) in [5, 5.41) is 8.05. The maximum Gasteiger partial charge on any atom is 0.239 e. The third kappa shape index (κ3) is 3.23. The van der Waals surface area contributed by atoms with Crippen LogP contribution in [0.4, 0.5) is 11.4 Å². The molecule has 1 saturated heterocycles. The Kier molecular flexibility index (Phi) is 3.66. The molecular weight excluding hydrogens is 304 g/mol. The number of anilines is 2. The fourth-order valence-corrected chi connectivity index (χ4v) is 2.61. The topological polar surface area (TPSA) is 92.6 Å². The molecule has 3 aromatic rings. The fraction of sp³-hybridized carbons (Fsp3) is 0.222. The Morgan fingerprint density at radius 3 is 2.71 bits per heavy atom. The number of nitrogen functional groups attached to an aromatic ring is 1. The molecule has 0 aliphatic carbocycles. The van der Waals surface area contributed by atoms with E-state index in [1.54, 1.807) is 0 Å². The van der Waals surface area contributed by atoms with E-state index in [0.29, 0.717) is 12.2 Å². The highest BCUT2D eigenvalue weighted by Crippen LogP contribution is 2.23. The molecule has 2 aromatic carbocycles. The van der Waals surface area contributed by atoms with Gasteiger partial charge in [0.05, 0.1) is 30.3 Å². The van der Waals surface area contributed by atoms with Crippen molar-refractivity contribution in [2.24, 2.45) is 0 Å². The van der Waals surface area contributed by atoms with E-state index < -0.39 is 0 Å². The largest absolute Gasteiger partial charge is 0.399 e. The van der Waals surface area contributed by atoms with Crippen LogP contribution < -0.4 is 16.4 Å². The molecule has 6 heteroatoms. The minimum Gasteiger partial charge on any atom is -0.399 e. The lowest BCUT2D eigenvalue weighted by molar-refractivity contribution is -0.119. The second-order valence-corrected chi connectivity index (χ2v) is 5.96. The number of epoxide rings is 1. The molecule has 0 radical (unpaired) electrons. The third-order valence-electron chi connectivity index (χ3n) is 4.02. The van der Waals surface area contributed by atoms with E-state index in [9.17, 15) is 4.79 Å². The molecule has 0 saturated carbocycles. The lowest BCUT2D eigenvalue weighted by Gasteiger charge is -2.08. The smallest absolute Gasteiger partial charge is 0.239 e. The lowest BCUT2D eigenvalue weighted by atomic mass is 10.1. The summed E-state index contributed by atoms with van der Waals surface area (Å²) in [7, 11) is 0. The molecule has 122 valence electrons. The van der Waals surface area contributed by atoms with Crippen molar-refractivity contribution < 1.29 is 9.53 Å². The van der Waals surface area contributed by atoms with Gasteiger partial charge >= 0.3 is 0 Å². The van der Waals surface area contributed by atoms with E-state index in [2.05, 4.69) is 21.7 Å². The molecule has 24 heavy (non-hydrogen) atoms. The van der Waals surface area contributed by atoms with Gasteiger partial charge in [0.1, 0.15) is 0 Å². The van der Waals surface area contributed by atoms with E-state index in [1.165, 1.54) is 0 Å². The number of pyridine rings is 1. The Balaban J connectivity index is 1.51. The number of aromatic nitrogens is 1. The average molecular weight is 322 g/mol. The maximum absolute atomic E-state index is 11.8. The van der Waals surface area contributed by atoms with E-state index in [-0.39, 0.29) is 18.6 Å². The molecule has 1 aliphatic rings. The summed E-state index contributed by atoms with van der Waals surface area (Å²) >= 11 is 0. The number of rotatable bonds is 5. The molecule has 0 bridgehead atoms. The van der Waals surface area contributed by atoms with Gasteiger partial charge < -0.3 is 21.1 Å². The second-order valence-electron chi connectivity index (χ2n) is 5.96. The molecule has 1 atom stereocenters. The summed E-state index contributed by atoms with van der Waals surface area (Å²) in [4.78, 5) is 16.4. The fourth-order valence-electron chi connectivity index (χ4n) is 2.61. The number of nitrogens with one attached hydrogen (secondary N) is 2. The van der Waals surface area contributed by atoms with Crippen molar-refractivity contribution in [1.29, 1.82) is 0 Å². The number of fused-ring (bicyclic) bond motifs is 2. The first-order valence-electron chi connectivity index (χ1n) is 7.89. The summed E-state index contributed by atoms with van der Waals surface area (Å²) in [6.07, 6.45) is 0.194. The van der Waals surface area contributed by atoms with Crippen LogP contribution in [0.5, 0.6) is 0 Å². The van der Waals surface area contributed by atoms with Gasteiger partial charge in [0, 0.05) is 28.7 Å². The van der Waals surface area contributed by atoms with E-state index in [0.717, 1.165) is 34.1 Å². The van der Waals surface area contributed by atoms with Crippen molar-refractivity contribution in [3.8, 4) is 0 Å². The molecule has 6 nitrogen and oxygen atoms in total. The van der Waals surface area contributed by atoms with E-state index in [4.69, 9.17) is 10.5 Å². The van der Waals surface area contributed by atoms with Crippen molar-refractivity contribution in [1.82, 2.24) is 10.3 Å². The molecular formula is C18H18N4O2. The SMILES string of the molecule is Nc1ccc2cc3ccc(NCC(=O)NCC4CO4)cc3nc2c1. The van der Waals surface area contributed by atoms with Crippen molar-refractivity contribution >= 4 is 39.1 Å². The quantitative estimate of drug-likeness (QED) is 0.379. The van der Waals surface area contributed by atoms with Crippen molar-refractivity contribution in [2.75, 3.05) is 30.7 Å². The Bertz CT molecular complexity index is 921. The summed E-state index contributed by atoms with van der Waals surface area (Å²) in [6, 6.07) is 13.7. The minimum atomic E-state index is -0.0511. The van der Waals surface area contributed by atoms with Crippen LogP contribution in [0, 0.1) is 0 Å². The third-order valence-corrected chi connectivity index (χ3v) is 4.02. The van der Waals surface area contributed by atoms with Gasteiger partial charge in [-0.3, -0.25) is 4.79 Å². The van der Waals surface area contributed by atoms with Crippen LogP contribution in [0.1, 0.15) is 0 Å².